The molecule has 0 spiro atoms. The topological polar surface area (TPSA) is 50.7 Å². The first-order chi connectivity index (χ1) is 10.2. The molecular formula is C16H19FN2O2. The summed E-state index contributed by atoms with van der Waals surface area (Å²) in [5.41, 5.74) is 1.49. The van der Waals surface area contributed by atoms with Gasteiger partial charge in [-0.3, -0.25) is 4.79 Å². The van der Waals surface area contributed by atoms with Crippen molar-refractivity contribution < 1.29 is 14.0 Å². The van der Waals surface area contributed by atoms with Crippen LogP contribution < -0.4 is 5.32 Å². The van der Waals surface area contributed by atoms with Gasteiger partial charge in [0, 0.05) is 12.5 Å². The average Bonchev–Trinajstić information content (AvgIpc) is 2.99. The van der Waals surface area contributed by atoms with E-state index in [1.165, 1.54) is 31.4 Å². The summed E-state index contributed by atoms with van der Waals surface area (Å²) in [7, 11) is 0. The largest absolute Gasteiger partial charge is 0.382 e. The zero-order chi connectivity index (χ0) is 14.7. The second-order valence-electron chi connectivity index (χ2n) is 5.69. The fraction of sp³-hybridized carbons (Fsp3) is 0.500. The average molecular weight is 290 g/mol. The first-order valence-electron chi connectivity index (χ1n) is 7.51. The minimum absolute atomic E-state index is 0.0947. The van der Waals surface area contributed by atoms with Crippen molar-refractivity contribution in [3.8, 4) is 0 Å². The third-order valence-corrected chi connectivity index (χ3v) is 4.09. The zero-order valence-corrected chi connectivity index (χ0v) is 11.8. The predicted molar refractivity (Wildman–Crippen MR) is 77.4 cm³/mol. The van der Waals surface area contributed by atoms with E-state index >= 15 is 0 Å². The second-order valence-corrected chi connectivity index (χ2v) is 5.69. The number of benzene rings is 1. The molecule has 112 valence electrons. The van der Waals surface area contributed by atoms with Crippen LogP contribution in [0.5, 0.6) is 0 Å². The number of oxime groups is 1. The highest BCUT2D eigenvalue weighted by Crippen LogP contribution is 2.20. The van der Waals surface area contributed by atoms with Crippen molar-refractivity contribution in [2.75, 3.05) is 0 Å². The summed E-state index contributed by atoms with van der Waals surface area (Å²) in [4.78, 5) is 17.4. The van der Waals surface area contributed by atoms with Gasteiger partial charge in [-0.25, -0.2) is 4.39 Å². The molecule has 1 unspecified atom stereocenters. The molecule has 0 bridgehead atoms. The lowest BCUT2D eigenvalue weighted by Gasteiger charge is -2.23. The second kappa shape index (κ2) is 6.24. The molecular weight excluding hydrogens is 271 g/mol. The molecule has 0 radical (unpaired) electrons. The molecule has 1 aliphatic carbocycles. The molecule has 3 rings (SSSR count). The summed E-state index contributed by atoms with van der Waals surface area (Å²) in [6.45, 7) is 0. The van der Waals surface area contributed by atoms with Crippen LogP contribution >= 0.6 is 0 Å². The molecule has 1 N–H and O–H groups in total. The van der Waals surface area contributed by atoms with Gasteiger partial charge in [0.2, 0.25) is 6.10 Å². The van der Waals surface area contributed by atoms with Crippen LogP contribution in [0.3, 0.4) is 0 Å². The summed E-state index contributed by atoms with van der Waals surface area (Å²) >= 11 is 0. The van der Waals surface area contributed by atoms with Crippen LogP contribution in [0.15, 0.2) is 29.4 Å². The Labute approximate surface area is 123 Å². The Bertz CT molecular complexity index is 536. The molecule has 1 heterocycles. The normalized spacial score (nSPS) is 22.5. The molecule has 2 aliphatic rings. The van der Waals surface area contributed by atoms with Gasteiger partial charge >= 0.3 is 0 Å². The van der Waals surface area contributed by atoms with Crippen molar-refractivity contribution in [3.05, 3.63) is 35.6 Å². The van der Waals surface area contributed by atoms with Gasteiger partial charge in [-0.2, -0.15) is 0 Å². The lowest BCUT2D eigenvalue weighted by molar-refractivity contribution is -0.132. The Balaban J connectivity index is 1.55. The van der Waals surface area contributed by atoms with Crippen LogP contribution in [0, 0.1) is 5.82 Å². The Morgan fingerprint density at radius 2 is 1.90 bits per heavy atom. The summed E-state index contributed by atoms with van der Waals surface area (Å²) < 4.78 is 12.9. The van der Waals surface area contributed by atoms with Gasteiger partial charge < -0.3 is 10.2 Å². The number of nitrogens with zero attached hydrogens (tertiary/aromatic N) is 1. The van der Waals surface area contributed by atoms with Crippen LogP contribution in [0.4, 0.5) is 4.39 Å². The van der Waals surface area contributed by atoms with E-state index in [1.54, 1.807) is 12.1 Å². The summed E-state index contributed by atoms with van der Waals surface area (Å²) in [5, 5.41) is 7.01. The highest BCUT2D eigenvalue weighted by molar-refractivity contribution is 6.04. The van der Waals surface area contributed by atoms with E-state index in [4.69, 9.17) is 4.84 Å². The minimum Gasteiger partial charge on any atom is -0.382 e. The van der Waals surface area contributed by atoms with E-state index in [2.05, 4.69) is 10.5 Å². The molecule has 0 aromatic heterocycles. The maximum absolute atomic E-state index is 12.9. The highest BCUT2D eigenvalue weighted by Gasteiger charge is 2.30. The van der Waals surface area contributed by atoms with Crippen LogP contribution in [0.25, 0.3) is 0 Å². The van der Waals surface area contributed by atoms with Gasteiger partial charge in [-0.05, 0) is 30.5 Å². The number of carbonyl (C=O) groups is 1. The number of nitrogens with one attached hydrogen (secondary N) is 1. The fourth-order valence-corrected chi connectivity index (χ4v) is 2.87. The van der Waals surface area contributed by atoms with E-state index < -0.39 is 6.10 Å². The quantitative estimate of drug-likeness (QED) is 0.930. The molecule has 1 atom stereocenters. The molecule has 1 saturated carbocycles. The van der Waals surface area contributed by atoms with E-state index in [1.807, 2.05) is 0 Å². The Kier molecular flexibility index (Phi) is 4.18. The van der Waals surface area contributed by atoms with E-state index in [-0.39, 0.29) is 17.8 Å². The third kappa shape index (κ3) is 3.40. The van der Waals surface area contributed by atoms with Crippen LogP contribution in [-0.2, 0) is 9.63 Å². The van der Waals surface area contributed by atoms with Crippen molar-refractivity contribution in [1.29, 1.82) is 0 Å². The predicted octanol–water partition coefficient (Wildman–Crippen LogP) is 2.77. The monoisotopic (exact) mass is 290 g/mol. The SMILES string of the molecule is O=C(NC1CCCCC1)C1CC(c2ccc(F)cc2)=NO1. The molecule has 1 amide bonds. The minimum atomic E-state index is -0.563. The first-order valence-corrected chi connectivity index (χ1v) is 7.51. The van der Waals surface area contributed by atoms with E-state index in [0.717, 1.165) is 18.4 Å². The van der Waals surface area contributed by atoms with Gasteiger partial charge in [-0.15, -0.1) is 0 Å². The number of carbonyl (C=O) groups excluding carboxylic acids is 1. The van der Waals surface area contributed by atoms with Gasteiger partial charge in [0.25, 0.3) is 5.91 Å². The highest BCUT2D eigenvalue weighted by atomic mass is 19.1. The molecule has 1 aliphatic heterocycles. The molecule has 1 fully saturated rings. The number of amides is 1. The lowest BCUT2D eigenvalue weighted by Crippen LogP contribution is -2.42. The lowest BCUT2D eigenvalue weighted by atomic mass is 9.95. The maximum atomic E-state index is 12.9. The van der Waals surface area contributed by atoms with E-state index in [0.29, 0.717) is 12.1 Å². The van der Waals surface area contributed by atoms with Crippen molar-refractivity contribution >= 4 is 11.6 Å². The Morgan fingerprint density at radius 1 is 1.19 bits per heavy atom. The van der Waals surface area contributed by atoms with Crippen molar-refractivity contribution in [2.45, 2.75) is 50.7 Å². The molecule has 5 heteroatoms. The summed E-state index contributed by atoms with van der Waals surface area (Å²) in [5.74, 6) is -0.382. The van der Waals surface area contributed by atoms with Crippen molar-refractivity contribution in [3.63, 3.8) is 0 Å². The maximum Gasteiger partial charge on any atom is 0.264 e. The van der Waals surface area contributed by atoms with Crippen molar-refractivity contribution in [1.82, 2.24) is 5.32 Å². The summed E-state index contributed by atoms with van der Waals surface area (Å²) in [6, 6.07) is 6.34. The zero-order valence-electron chi connectivity index (χ0n) is 11.8. The first kappa shape index (κ1) is 14.0. The Morgan fingerprint density at radius 3 is 2.62 bits per heavy atom. The van der Waals surface area contributed by atoms with E-state index in [9.17, 15) is 9.18 Å². The van der Waals surface area contributed by atoms with Gasteiger partial charge in [-0.1, -0.05) is 36.6 Å². The standard InChI is InChI=1S/C16H19FN2O2/c17-12-8-6-11(7-9-12)14-10-15(21-19-14)16(20)18-13-4-2-1-3-5-13/h6-9,13,15H,1-5,10H2,(H,18,20). The van der Waals surface area contributed by atoms with Gasteiger partial charge in [0.15, 0.2) is 0 Å². The van der Waals surface area contributed by atoms with Crippen LogP contribution in [-0.4, -0.2) is 23.8 Å². The Hall–Kier alpha value is -1.91. The number of hydrogen-bond acceptors (Lipinski definition) is 3. The molecule has 0 saturated heterocycles. The number of halogens is 1. The summed E-state index contributed by atoms with van der Waals surface area (Å²) in [6.07, 6.45) is 5.57. The van der Waals surface area contributed by atoms with Crippen LogP contribution in [0.1, 0.15) is 44.1 Å². The number of rotatable bonds is 3. The molecule has 21 heavy (non-hydrogen) atoms. The van der Waals surface area contributed by atoms with Gasteiger partial charge in [0.1, 0.15) is 5.82 Å². The molecule has 4 nitrogen and oxygen atoms in total. The van der Waals surface area contributed by atoms with Crippen molar-refractivity contribution in [2.24, 2.45) is 5.16 Å². The molecule has 1 aromatic rings. The van der Waals surface area contributed by atoms with Gasteiger partial charge in [0.05, 0.1) is 5.71 Å². The fourth-order valence-electron chi connectivity index (χ4n) is 2.87. The van der Waals surface area contributed by atoms with Crippen LogP contribution in [0.2, 0.25) is 0 Å². The number of hydrogen-bond donors (Lipinski definition) is 1. The third-order valence-electron chi connectivity index (χ3n) is 4.09. The molecule has 1 aromatic carbocycles. The smallest absolute Gasteiger partial charge is 0.264 e.